The summed E-state index contributed by atoms with van der Waals surface area (Å²) in [6.07, 6.45) is 1.32. The summed E-state index contributed by atoms with van der Waals surface area (Å²) in [5.74, 6) is 0.440. The van der Waals surface area contributed by atoms with Gasteiger partial charge in [0, 0.05) is 56.2 Å². The number of ether oxygens (including phenoxy) is 1. The van der Waals surface area contributed by atoms with E-state index in [1.807, 2.05) is 13.2 Å². The fourth-order valence-electron chi connectivity index (χ4n) is 2.52. The molecule has 142 valence electrons. The fraction of sp³-hybridized carbons (Fsp3) is 0.500. The third-order valence-electron chi connectivity index (χ3n) is 3.71. The number of aryl methyl sites for hydroxylation is 1. The molecule has 1 unspecified atom stereocenters. The lowest BCUT2D eigenvalue weighted by atomic mass is 10.1. The number of nitrogens with zero attached hydrogens (tertiary/aromatic N) is 3. The number of non-ortho nitro benzene ring substituents is 1. The van der Waals surface area contributed by atoms with Gasteiger partial charge in [0.05, 0.1) is 23.3 Å². The smallest absolute Gasteiger partial charge is 0.269 e. The summed E-state index contributed by atoms with van der Waals surface area (Å²) in [5.41, 5.74) is 2.58. The van der Waals surface area contributed by atoms with Crippen LogP contribution in [0.25, 0.3) is 11.3 Å². The highest BCUT2D eigenvalue weighted by molar-refractivity contribution is 5.64. The summed E-state index contributed by atoms with van der Waals surface area (Å²) in [7, 11) is 1.83. The first-order valence-electron chi connectivity index (χ1n) is 8.60. The number of rotatable bonds is 10. The van der Waals surface area contributed by atoms with Crippen molar-refractivity contribution in [2.75, 3.05) is 19.8 Å². The molecule has 0 saturated heterocycles. The minimum atomic E-state index is -0.576. The summed E-state index contributed by atoms with van der Waals surface area (Å²) in [5, 5.41) is 28.4. The number of nitrogens with one attached hydrogen (secondary N) is 1. The van der Waals surface area contributed by atoms with Gasteiger partial charge in [0.2, 0.25) is 0 Å². The van der Waals surface area contributed by atoms with Gasteiger partial charge in [0.15, 0.2) is 0 Å². The Morgan fingerprint density at radius 2 is 2.00 bits per heavy atom. The number of hydrogen-bond donors (Lipinski definition) is 2. The summed E-state index contributed by atoms with van der Waals surface area (Å²) < 4.78 is 7.13. The second-order valence-electron chi connectivity index (χ2n) is 6.70. The van der Waals surface area contributed by atoms with Crippen molar-refractivity contribution < 1.29 is 14.8 Å². The molecule has 2 rings (SSSR count). The topological polar surface area (TPSA) is 102 Å². The normalized spacial score (nSPS) is 12.5. The van der Waals surface area contributed by atoms with Crippen LogP contribution in [0, 0.1) is 16.0 Å². The molecule has 1 aromatic carbocycles. The third kappa shape index (κ3) is 5.91. The molecule has 8 nitrogen and oxygen atoms in total. The summed E-state index contributed by atoms with van der Waals surface area (Å²) in [4.78, 5) is 10.4. The lowest BCUT2D eigenvalue weighted by molar-refractivity contribution is -0.384. The van der Waals surface area contributed by atoms with Crippen molar-refractivity contribution in [1.29, 1.82) is 0 Å². The van der Waals surface area contributed by atoms with Crippen LogP contribution in [0.5, 0.6) is 0 Å². The predicted molar refractivity (Wildman–Crippen MR) is 98.7 cm³/mol. The maximum atomic E-state index is 10.8. The molecule has 0 amide bonds. The van der Waals surface area contributed by atoms with Gasteiger partial charge >= 0.3 is 0 Å². The van der Waals surface area contributed by atoms with E-state index in [4.69, 9.17) is 4.74 Å². The molecule has 0 aliphatic rings. The van der Waals surface area contributed by atoms with Gasteiger partial charge in [-0.1, -0.05) is 13.8 Å². The Kier molecular flexibility index (Phi) is 7.26. The Hall–Kier alpha value is -2.29. The molecule has 1 aromatic heterocycles. The van der Waals surface area contributed by atoms with Crippen molar-refractivity contribution in [3.05, 3.63) is 46.1 Å². The molecule has 0 fully saturated rings. The van der Waals surface area contributed by atoms with Gasteiger partial charge in [-0.2, -0.15) is 5.10 Å². The van der Waals surface area contributed by atoms with Crippen LogP contribution in [0.3, 0.4) is 0 Å². The molecular formula is C18H26N4O4. The van der Waals surface area contributed by atoms with E-state index in [0.717, 1.165) is 16.8 Å². The van der Waals surface area contributed by atoms with Crippen LogP contribution in [0.15, 0.2) is 30.5 Å². The van der Waals surface area contributed by atoms with Gasteiger partial charge in [0.25, 0.3) is 5.69 Å². The highest BCUT2D eigenvalue weighted by atomic mass is 16.6. The standard InChI is InChI=1S/C18H26N4O4/c1-13(2)11-26-12-17(23)9-19-8-15-10-21(3)20-18(15)14-4-6-16(7-5-14)22(24)25/h4-7,10,13,17,19,23H,8-9,11-12H2,1-3H3. The molecule has 1 atom stereocenters. The van der Waals surface area contributed by atoms with Crippen LogP contribution in [-0.4, -0.2) is 45.7 Å². The van der Waals surface area contributed by atoms with Crippen LogP contribution in [-0.2, 0) is 18.3 Å². The third-order valence-corrected chi connectivity index (χ3v) is 3.71. The predicted octanol–water partition coefficient (Wildman–Crippen LogP) is 2.12. The molecular weight excluding hydrogens is 336 g/mol. The van der Waals surface area contributed by atoms with Gasteiger partial charge in [-0.05, 0) is 18.1 Å². The number of nitro groups is 1. The molecule has 0 aliphatic carbocycles. The largest absolute Gasteiger partial charge is 0.389 e. The van der Waals surface area contributed by atoms with Crippen molar-refractivity contribution in [3.8, 4) is 11.3 Å². The van der Waals surface area contributed by atoms with Gasteiger partial charge in [-0.15, -0.1) is 0 Å². The highest BCUT2D eigenvalue weighted by Gasteiger charge is 2.13. The number of hydrogen-bond acceptors (Lipinski definition) is 6. The number of aliphatic hydroxyl groups is 1. The molecule has 2 N–H and O–H groups in total. The molecule has 0 bridgehead atoms. The number of benzene rings is 1. The Bertz CT molecular complexity index is 712. The molecule has 26 heavy (non-hydrogen) atoms. The molecule has 0 radical (unpaired) electrons. The van der Waals surface area contributed by atoms with Gasteiger partial charge in [-0.3, -0.25) is 14.8 Å². The fourth-order valence-corrected chi connectivity index (χ4v) is 2.52. The van der Waals surface area contributed by atoms with Crippen LogP contribution < -0.4 is 5.32 Å². The lowest BCUT2D eigenvalue weighted by Crippen LogP contribution is -2.30. The average Bonchev–Trinajstić information content (AvgIpc) is 2.95. The van der Waals surface area contributed by atoms with E-state index >= 15 is 0 Å². The molecule has 0 saturated carbocycles. The van der Waals surface area contributed by atoms with E-state index in [1.54, 1.807) is 16.8 Å². The molecule has 1 heterocycles. The van der Waals surface area contributed by atoms with Gasteiger partial charge in [-0.25, -0.2) is 0 Å². The van der Waals surface area contributed by atoms with Crippen LogP contribution in [0.2, 0.25) is 0 Å². The monoisotopic (exact) mass is 362 g/mol. The second-order valence-corrected chi connectivity index (χ2v) is 6.70. The van der Waals surface area contributed by atoms with E-state index < -0.39 is 11.0 Å². The molecule has 8 heteroatoms. The Labute approximate surface area is 152 Å². The summed E-state index contributed by atoms with van der Waals surface area (Å²) >= 11 is 0. The SMILES string of the molecule is CC(C)COCC(O)CNCc1cn(C)nc1-c1ccc([N+](=O)[O-])cc1. The van der Waals surface area contributed by atoms with Crippen molar-refractivity contribution in [1.82, 2.24) is 15.1 Å². The zero-order valence-electron chi connectivity index (χ0n) is 15.4. The molecule has 0 spiro atoms. The average molecular weight is 362 g/mol. The Morgan fingerprint density at radius 1 is 1.31 bits per heavy atom. The van der Waals surface area contributed by atoms with Gasteiger partial charge in [0.1, 0.15) is 0 Å². The number of aromatic nitrogens is 2. The van der Waals surface area contributed by atoms with Crippen LogP contribution in [0.1, 0.15) is 19.4 Å². The first-order valence-corrected chi connectivity index (χ1v) is 8.60. The summed E-state index contributed by atoms with van der Waals surface area (Å²) in [6, 6.07) is 6.32. The van der Waals surface area contributed by atoms with Crippen molar-refractivity contribution in [2.24, 2.45) is 13.0 Å². The van der Waals surface area contributed by atoms with Crippen molar-refractivity contribution in [3.63, 3.8) is 0 Å². The zero-order valence-corrected chi connectivity index (χ0v) is 15.4. The van der Waals surface area contributed by atoms with E-state index in [-0.39, 0.29) is 5.69 Å². The molecule has 0 aliphatic heterocycles. The van der Waals surface area contributed by atoms with Crippen molar-refractivity contribution in [2.45, 2.75) is 26.5 Å². The maximum Gasteiger partial charge on any atom is 0.269 e. The van der Waals surface area contributed by atoms with E-state index in [9.17, 15) is 15.2 Å². The first kappa shape index (κ1) is 20.0. The second kappa shape index (κ2) is 9.42. The van der Waals surface area contributed by atoms with E-state index in [2.05, 4.69) is 24.3 Å². The first-order chi connectivity index (χ1) is 12.4. The Balaban J connectivity index is 1.93. The van der Waals surface area contributed by atoms with Crippen molar-refractivity contribution >= 4 is 5.69 Å². The van der Waals surface area contributed by atoms with E-state index in [1.165, 1.54) is 12.1 Å². The molecule has 2 aromatic rings. The number of aliphatic hydroxyl groups excluding tert-OH is 1. The minimum absolute atomic E-state index is 0.0499. The van der Waals surface area contributed by atoms with Crippen LogP contribution in [0.4, 0.5) is 5.69 Å². The zero-order chi connectivity index (χ0) is 19.1. The van der Waals surface area contributed by atoms with Gasteiger partial charge < -0.3 is 15.2 Å². The summed E-state index contributed by atoms with van der Waals surface area (Å²) in [6.45, 7) is 5.99. The number of nitro benzene ring substituents is 1. The van der Waals surface area contributed by atoms with Crippen LogP contribution >= 0.6 is 0 Å². The lowest BCUT2D eigenvalue weighted by Gasteiger charge is -2.13. The Morgan fingerprint density at radius 3 is 2.62 bits per heavy atom. The van der Waals surface area contributed by atoms with E-state index in [0.29, 0.717) is 32.2 Å². The quantitative estimate of drug-likeness (QED) is 0.496. The minimum Gasteiger partial charge on any atom is -0.389 e. The highest BCUT2D eigenvalue weighted by Crippen LogP contribution is 2.24. The maximum absolute atomic E-state index is 10.8.